The highest BCUT2D eigenvalue weighted by Crippen LogP contribution is 2.30. The molecule has 0 aromatic heterocycles. The summed E-state index contributed by atoms with van der Waals surface area (Å²) in [6.07, 6.45) is 3.42. The minimum absolute atomic E-state index is 0.716. The molecule has 0 amide bonds. The summed E-state index contributed by atoms with van der Waals surface area (Å²) in [7, 11) is 0. The van der Waals surface area contributed by atoms with Crippen LogP contribution in [-0.2, 0) is 4.79 Å². The third-order valence-corrected chi connectivity index (χ3v) is 2.32. The maximum Gasteiger partial charge on any atom is 0.329 e. The van der Waals surface area contributed by atoms with Gasteiger partial charge in [-0.3, -0.25) is 0 Å². The molecule has 0 atom stereocenters. The van der Waals surface area contributed by atoms with Crippen LogP contribution in [-0.4, -0.2) is 16.6 Å². The van der Waals surface area contributed by atoms with Crippen molar-refractivity contribution in [1.82, 2.24) is 5.32 Å². The van der Waals surface area contributed by atoms with Crippen molar-refractivity contribution in [3.63, 3.8) is 0 Å². The molecule has 0 heterocycles. The number of allylic oxidation sites excluding steroid dienone is 1. The highest BCUT2D eigenvalue weighted by atomic mass is 16.4. The van der Waals surface area contributed by atoms with E-state index < -0.39 is 11.5 Å². The molecule has 0 unspecified atom stereocenters. The fourth-order valence-corrected chi connectivity index (χ4v) is 1.78. The highest BCUT2D eigenvalue weighted by Gasteiger charge is 2.40. The number of carboxylic acid groups (broad SMARTS) is 1. The van der Waals surface area contributed by atoms with Crippen molar-refractivity contribution in [3.05, 3.63) is 12.3 Å². The quantitative estimate of drug-likeness (QED) is 0.673. The second kappa shape index (κ2) is 3.17. The average Bonchev–Trinajstić information content (AvgIpc) is 2.35. The van der Waals surface area contributed by atoms with Crippen LogP contribution in [0.3, 0.4) is 0 Å². The van der Waals surface area contributed by atoms with Crippen molar-refractivity contribution >= 4 is 5.97 Å². The third-order valence-electron chi connectivity index (χ3n) is 2.32. The number of rotatable bonds is 3. The average molecular weight is 169 g/mol. The monoisotopic (exact) mass is 169 g/mol. The second-order valence-corrected chi connectivity index (χ2v) is 3.50. The molecule has 1 rings (SSSR count). The van der Waals surface area contributed by atoms with Crippen molar-refractivity contribution in [1.29, 1.82) is 0 Å². The van der Waals surface area contributed by atoms with Gasteiger partial charge in [-0.05, 0) is 19.8 Å². The summed E-state index contributed by atoms with van der Waals surface area (Å²) in [5.41, 5.74) is 0.0190. The van der Waals surface area contributed by atoms with Gasteiger partial charge in [0.2, 0.25) is 0 Å². The van der Waals surface area contributed by atoms with Crippen molar-refractivity contribution in [3.8, 4) is 0 Å². The van der Waals surface area contributed by atoms with E-state index in [0.717, 1.165) is 31.4 Å². The number of carboxylic acids is 1. The molecule has 1 fully saturated rings. The van der Waals surface area contributed by atoms with Gasteiger partial charge in [0.05, 0.1) is 0 Å². The molecule has 1 saturated carbocycles. The predicted octanol–water partition coefficient (Wildman–Crippen LogP) is 1.51. The van der Waals surface area contributed by atoms with Gasteiger partial charge < -0.3 is 10.4 Å². The van der Waals surface area contributed by atoms with Gasteiger partial charge in [-0.25, -0.2) is 4.79 Å². The van der Waals surface area contributed by atoms with Crippen molar-refractivity contribution in [2.24, 2.45) is 0 Å². The molecular formula is C9H15NO2. The predicted molar refractivity (Wildman–Crippen MR) is 46.8 cm³/mol. The smallest absolute Gasteiger partial charge is 0.329 e. The second-order valence-electron chi connectivity index (χ2n) is 3.50. The van der Waals surface area contributed by atoms with Crippen LogP contribution in [0.1, 0.15) is 32.6 Å². The number of hydrogen-bond acceptors (Lipinski definition) is 2. The molecule has 12 heavy (non-hydrogen) atoms. The number of nitrogens with one attached hydrogen (secondary N) is 1. The van der Waals surface area contributed by atoms with E-state index in [2.05, 4.69) is 11.9 Å². The molecule has 0 radical (unpaired) electrons. The van der Waals surface area contributed by atoms with E-state index in [1.807, 2.05) is 0 Å². The lowest BCUT2D eigenvalue weighted by atomic mass is 9.98. The Kier molecular flexibility index (Phi) is 2.40. The molecule has 0 aromatic rings. The van der Waals surface area contributed by atoms with E-state index in [1.165, 1.54) is 0 Å². The van der Waals surface area contributed by atoms with Gasteiger partial charge in [0, 0.05) is 5.70 Å². The number of aliphatic carboxylic acids is 1. The Morgan fingerprint density at radius 2 is 2.00 bits per heavy atom. The first-order valence-electron chi connectivity index (χ1n) is 4.24. The van der Waals surface area contributed by atoms with Gasteiger partial charge in [0.25, 0.3) is 0 Å². The van der Waals surface area contributed by atoms with Crippen molar-refractivity contribution in [2.45, 2.75) is 38.1 Å². The van der Waals surface area contributed by atoms with Crippen LogP contribution in [0, 0.1) is 0 Å². The lowest BCUT2D eigenvalue weighted by molar-refractivity contribution is -0.144. The fourth-order valence-electron chi connectivity index (χ4n) is 1.78. The van der Waals surface area contributed by atoms with Gasteiger partial charge in [0.15, 0.2) is 0 Å². The topological polar surface area (TPSA) is 49.3 Å². The maximum atomic E-state index is 11.0. The van der Waals surface area contributed by atoms with Crippen molar-refractivity contribution < 1.29 is 9.90 Å². The molecule has 68 valence electrons. The van der Waals surface area contributed by atoms with E-state index in [0.29, 0.717) is 0 Å². The van der Waals surface area contributed by atoms with E-state index in [-0.39, 0.29) is 0 Å². The lowest BCUT2D eigenvalue weighted by Gasteiger charge is -2.26. The van der Waals surface area contributed by atoms with Crippen LogP contribution >= 0.6 is 0 Å². The first-order valence-corrected chi connectivity index (χ1v) is 4.24. The first kappa shape index (κ1) is 9.10. The van der Waals surface area contributed by atoms with Gasteiger partial charge in [-0.15, -0.1) is 0 Å². The Labute approximate surface area is 72.5 Å². The lowest BCUT2D eigenvalue weighted by Crippen LogP contribution is -2.48. The Balaban J connectivity index is 2.72. The van der Waals surface area contributed by atoms with E-state index in [4.69, 9.17) is 5.11 Å². The largest absolute Gasteiger partial charge is 0.480 e. The van der Waals surface area contributed by atoms with Crippen LogP contribution in [0.2, 0.25) is 0 Å². The molecular weight excluding hydrogens is 154 g/mol. The Bertz CT molecular complexity index is 205. The zero-order valence-electron chi connectivity index (χ0n) is 7.39. The number of carbonyl (C=O) groups is 1. The molecule has 0 bridgehead atoms. The van der Waals surface area contributed by atoms with Gasteiger partial charge in [0.1, 0.15) is 5.54 Å². The molecule has 0 spiro atoms. The Hall–Kier alpha value is -0.990. The van der Waals surface area contributed by atoms with E-state index in [1.54, 1.807) is 6.92 Å². The van der Waals surface area contributed by atoms with E-state index in [9.17, 15) is 4.79 Å². The van der Waals surface area contributed by atoms with E-state index >= 15 is 0 Å². The summed E-state index contributed by atoms with van der Waals surface area (Å²) in [5, 5.41) is 12.0. The molecule has 2 N–H and O–H groups in total. The minimum Gasteiger partial charge on any atom is -0.480 e. The maximum absolute atomic E-state index is 11.0. The zero-order valence-corrected chi connectivity index (χ0v) is 7.39. The molecule has 1 aliphatic rings. The summed E-state index contributed by atoms with van der Waals surface area (Å²) in [5.74, 6) is -0.747. The summed E-state index contributed by atoms with van der Waals surface area (Å²) in [6, 6.07) is 0. The van der Waals surface area contributed by atoms with Crippen LogP contribution < -0.4 is 5.32 Å². The van der Waals surface area contributed by atoms with Crippen LogP contribution in [0.5, 0.6) is 0 Å². The van der Waals surface area contributed by atoms with Gasteiger partial charge in [-0.2, -0.15) is 0 Å². The van der Waals surface area contributed by atoms with Gasteiger partial charge >= 0.3 is 5.97 Å². The minimum atomic E-state index is -0.747. The van der Waals surface area contributed by atoms with Crippen LogP contribution in [0.25, 0.3) is 0 Å². The fraction of sp³-hybridized carbons (Fsp3) is 0.667. The summed E-state index contributed by atoms with van der Waals surface area (Å²) >= 11 is 0. The Morgan fingerprint density at radius 3 is 2.33 bits per heavy atom. The summed E-state index contributed by atoms with van der Waals surface area (Å²) in [4.78, 5) is 11.0. The third kappa shape index (κ3) is 1.60. The highest BCUT2D eigenvalue weighted by molar-refractivity contribution is 5.79. The number of hydrogen-bond donors (Lipinski definition) is 2. The first-order chi connectivity index (χ1) is 5.57. The molecule has 3 heteroatoms. The normalized spacial score (nSPS) is 20.4. The van der Waals surface area contributed by atoms with Crippen molar-refractivity contribution in [2.75, 3.05) is 0 Å². The molecule has 0 aliphatic heterocycles. The summed E-state index contributed by atoms with van der Waals surface area (Å²) < 4.78 is 0. The van der Waals surface area contributed by atoms with Crippen LogP contribution in [0.15, 0.2) is 12.3 Å². The molecule has 0 saturated heterocycles. The van der Waals surface area contributed by atoms with Gasteiger partial charge in [-0.1, -0.05) is 19.4 Å². The standard InChI is InChI=1S/C9H15NO2/c1-7(2)10-9(8(11)12)5-3-4-6-9/h10H,1,3-6H2,2H3,(H,11,12). The molecule has 3 nitrogen and oxygen atoms in total. The molecule has 1 aliphatic carbocycles. The summed E-state index contributed by atoms with van der Waals surface area (Å²) in [6.45, 7) is 5.47. The zero-order chi connectivity index (χ0) is 9.19. The van der Waals surface area contributed by atoms with Crippen LogP contribution in [0.4, 0.5) is 0 Å². The SMILES string of the molecule is C=C(C)NC1(C(=O)O)CCCC1. The molecule has 0 aromatic carbocycles. The Morgan fingerprint density at radius 1 is 1.50 bits per heavy atom.